The molecule has 0 bridgehead atoms. The molecule has 0 aliphatic carbocycles. The van der Waals surface area contributed by atoms with Crippen LogP contribution in [0.2, 0.25) is 0 Å². The molecule has 0 heterocycles. The number of rotatable bonds is 15. The fourth-order valence-corrected chi connectivity index (χ4v) is 2.71. The monoisotopic (exact) mass is 332 g/mol. The second kappa shape index (κ2) is 24.2. The third kappa shape index (κ3) is 23.2. The van der Waals surface area contributed by atoms with E-state index in [1.54, 1.807) is 12.2 Å². The van der Waals surface area contributed by atoms with E-state index in [0.717, 1.165) is 0 Å². The number of hydrogen-bond donors (Lipinski definition) is 0. The lowest BCUT2D eigenvalue weighted by molar-refractivity contribution is 0.544. The molecule has 0 aromatic carbocycles. The van der Waals surface area contributed by atoms with Gasteiger partial charge in [-0.25, -0.2) is 0 Å². The Balaban J connectivity index is 0. The van der Waals surface area contributed by atoms with Crippen LogP contribution in [0, 0.1) is 0 Å². The second-order valence-electron chi connectivity index (χ2n) is 6.47. The first-order valence-corrected chi connectivity index (χ1v) is 10.3. The summed E-state index contributed by atoms with van der Waals surface area (Å²) in [5, 5.41) is 0. The van der Waals surface area contributed by atoms with Crippen molar-refractivity contribution in [1.82, 2.24) is 0 Å². The predicted molar refractivity (Wildman–Crippen MR) is 115 cm³/mol. The van der Waals surface area contributed by atoms with E-state index in [0.29, 0.717) is 0 Å². The molecule has 0 aliphatic heterocycles. The molecule has 0 saturated carbocycles. The summed E-state index contributed by atoms with van der Waals surface area (Å²) in [6, 6.07) is 0. The standard InChI is InChI=1S/C20H38.C4H6/c1-4-7-8-9-10-11-12-13-14-15-16-17-19-20(6-3)18-5-2;1-3-4-2/h5-6,18H,4,7-17,19H2,1-3H3;3-4H,1-2H2/b18-5-,20-6+;. The molecule has 0 N–H and O–H groups in total. The zero-order valence-electron chi connectivity index (χ0n) is 17.0. The summed E-state index contributed by atoms with van der Waals surface area (Å²) >= 11 is 0. The smallest absolute Gasteiger partial charge is 0.0282 e. The van der Waals surface area contributed by atoms with Gasteiger partial charge in [-0.05, 0) is 26.7 Å². The Bertz CT molecular complexity index is 300. The maximum Gasteiger partial charge on any atom is -0.0282 e. The quantitative estimate of drug-likeness (QED) is 0.207. The highest BCUT2D eigenvalue weighted by Crippen LogP contribution is 2.14. The molecule has 0 rings (SSSR count). The van der Waals surface area contributed by atoms with E-state index in [1.165, 1.54) is 89.0 Å². The summed E-state index contributed by atoms with van der Waals surface area (Å²) in [6.07, 6.45) is 28.4. The molecular formula is C24H44. The van der Waals surface area contributed by atoms with Crippen LogP contribution in [0.4, 0.5) is 0 Å². The topological polar surface area (TPSA) is 0 Å². The highest BCUT2D eigenvalue weighted by atomic mass is 14.0. The van der Waals surface area contributed by atoms with E-state index in [4.69, 9.17) is 0 Å². The van der Waals surface area contributed by atoms with Crippen LogP contribution in [0.15, 0.2) is 49.1 Å². The summed E-state index contributed by atoms with van der Waals surface area (Å²) in [5.74, 6) is 0. The lowest BCUT2D eigenvalue weighted by Crippen LogP contribution is -1.84. The van der Waals surface area contributed by atoms with Gasteiger partial charge < -0.3 is 0 Å². The van der Waals surface area contributed by atoms with Crippen LogP contribution >= 0.6 is 0 Å². The Morgan fingerprint density at radius 3 is 1.42 bits per heavy atom. The van der Waals surface area contributed by atoms with Crippen molar-refractivity contribution in [2.45, 2.75) is 104 Å². The van der Waals surface area contributed by atoms with E-state index in [9.17, 15) is 0 Å². The molecule has 0 heteroatoms. The van der Waals surface area contributed by atoms with Gasteiger partial charge in [0.2, 0.25) is 0 Å². The van der Waals surface area contributed by atoms with Crippen LogP contribution in [0.1, 0.15) is 104 Å². The van der Waals surface area contributed by atoms with Gasteiger partial charge in [0.25, 0.3) is 0 Å². The van der Waals surface area contributed by atoms with Crippen LogP contribution in [-0.2, 0) is 0 Å². The number of allylic oxidation sites excluding steroid dienone is 6. The third-order valence-electron chi connectivity index (χ3n) is 4.24. The Morgan fingerprint density at radius 1 is 0.667 bits per heavy atom. The summed E-state index contributed by atoms with van der Waals surface area (Å²) < 4.78 is 0. The van der Waals surface area contributed by atoms with Crippen LogP contribution in [0.25, 0.3) is 0 Å². The molecule has 0 aliphatic rings. The van der Waals surface area contributed by atoms with Gasteiger partial charge in [-0.1, -0.05) is 127 Å². The Kier molecular flexibility index (Phi) is 25.4. The van der Waals surface area contributed by atoms with Crippen LogP contribution < -0.4 is 0 Å². The first kappa shape index (κ1) is 25.2. The van der Waals surface area contributed by atoms with Crippen molar-refractivity contribution in [3.05, 3.63) is 49.1 Å². The first-order chi connectivity index (χ1) is 11.8. The highest BCUT2D eigenvalue weighted by molar-refractivity contribution is 5.16. The van der Waals surface area contributed by atoms with Crippen molar-refractivity contribution in [2.24, 2.45) is 0 Å². The fraction of sp³-hybridized carbons (Fsp3) is 0.667. The Hall–Kier alpha value is -1.04. The zero-order valence-corrected chi connectivity index (χ0v) is 17.0. The van der Waals surface area contributed by atoms with Crippen molar-refractivity contribution in [2.75, 3.05) is 0 Å². The van der Waals surface area contributed by atoms with Gasteiger partial charge in [0.05, 0.1) is 0 Å². The van der Waals surface area contributed by atoms with Crippen LogP contribution in [0.5, 0.6) is 0 Å². The minimum absolute atomic E-state index is 1.26. The minimum Gasteiger partial charge on any atom is -0.0991 e. The second-order valence-corrected chi connectivity index (χ2v) is 6.47. The Labute approximate surface area is 153 Å². The molecule has 0 atom stereocenters. The van der Waals surface area contributed by atoms with Gasteiger partial charge in [-0.2, -0.15) is 0 Å². The van der Waals surface area contributed by atoms with Crippen LogP contribution in [0.3, 0.4) is 0 Å². The van der Waals surface area contributed by atoms with E-state index in [2.05, 4.69) is 52.2 Å². The minimum atomic E-state index is 1.26. The molecule has 140 valence electrons. The maximum atomic E-state index is 3.36. The van der Waals surface area contributed by atoms with Crippen molar-refractivity contribution < 1.29 is 0 Å². The zero-order chi connectivity index (χ0) is 18.3. The molecule has 0 aromatic heterocycles. The van der Waals surface area contributed by atoms with Crippen LogP contribution in [-0.4, -0.2) is 0 Å². The molecule has 0 unspecified atom stereocenters. The molecule has 0 radical (unpaired) electrons. The largest absolute Gasteiger partial charge is 0.0991 e. The molecule has 0 spiro atoms. The number of unbranched alkanes of at least 4 members (excludes halogenated alkanes) is 11. The van der Waals surface area contributed by atoms with Crippen molar-refractivity contribution in [3.63, 3.8) is 0 Å². The maximum absolute atomic E-state index is 3.36. The lowest BCUT2D eigenvalue weighted by Gasteiger charge is -2.03. The van der Waals surface area contributed by atoms with Gasteiger partial charge in [0.1, 0.15) is 0 Å². The average molecular weight is 333 g/mol. The summed E-state index contributed by atoms with van der Waals surface area (Å²) in [7, 11) is 0. The SMILES string of the molecule is C/C=C\C(=C/C)CCCCCCCCCCCCCC.C=CC=C. The van der Waals surface area contributed by atoms with Crippen molar-refractivity contribution in [1.29, 1.82) is 0 Å². The molecule has 24 heavy (non-hydrogen) atoms. The van der Waals surface area contributed by atoms with E-state index in [1.807, 2.05) is 0 Å². The van der Waals surface area contributed by atoms with Gasteiger partial charge >= 0.3 is 0 Å². The summed E-state index contributed by atoms with van der Waals surface area (Å²) in [4.78, 5) is 0. The van der Waals surface area contributed by atoms with E-state index >= 15 is 0 Å². The molecule has 0 amide bonds. The van der Waals surface area contributed by atoms with Crippen molar-refractivity contribution in [3.8, 4) is 0 Å². The summed E-state index contributed by atoms with van der Waals surface area (Å²) in [5.41, 5.74) is 1.50. The third-order valence-corrected chi connectivity index (χ3v) is 4.24. The average Bonchev–Trinajstić information content (AvgIpc) is 2.61. The van der Waals surface area contributed by atoms with Crippen molar-refractivity contribution >= 4 is 0 Å². The van der Waals surface area contributed by atoms with Gasteiger partial charge in [-0.15, -0.1) is 0 Å². The summed E-state index contributed by atoms with van der Waals surface area (Å²) in [6.45, 7) is 13.3. The normalized spacial score (nSPS) is 11.2. The Morgan fingerprint density at radius 2 is 1.08 bits per heavy atom. The van der Waals surface area contributed by atoms with Gasteiger partial charge in [-0.3, -0.25) is 0 Å². The molecule has 0 aromatic rings. The van der Waals surface area contributed by atoms with Gasteiger partial charge in [0, 0.05) is 0 Å². The molecule has 0 nitrogen and oxygen atoms in total. The van der Waals surface area contributed by atoms with Gasteiger partial charge in [0.15, 0.2) is 0 Å². The predicted octanol–water partition coefficient (Wildman–Crippen LogP) is 8.96. The number of hydrogen-bond acceptors (Lipinski definition) is 0. The molecule has 0 saturated heterocycles. The highest BCUT2D eigenvalue weighted by Gasteiger charge is 1.95. The lowest BCUT2D eigenvalue weighted by atomic mass is 10.0. The molecule has 0 fully saturated rings. The van der Waals surface area contributed by atoms with E-state index < -0.39 is 0 Å². The molecular weight excluding hydrogens is 288 g/mol. The fourth-order valence-electron chi connectivity index (χ4n) is 2.71. The first-order valence-electron chi connectivity index (χ1n) is 10.3. The van der Waals surface area contributed by atoms with E-state index in [-0.39, 0.29) is 0 Å².